The van der Waals surface area contributed by atoms with Gasteiger partial charge in [-0.3, -0.25) is 14.5 Å². The zero-order chi connectivity index (χ0) is 34.7. The van der Waals surface area contributed by atoms with Crippen molar-refractivity contribution in [1.29, 1.82) is 0 Å². The number of rotatable bonds is 8. The van der Waals surface area contributed by atoms with Crippen LogP contribution in [0.1, 0.15) is 113 Å². The maximum atomic E-state index is 13.2. The molecule has 11 atom stereocenters. The molecular formula is C39H63NO8. The lowest BCUT2D eigenvalue weighted by atomic mass is 9.32. The average Bonchev–Trinajstić information content (AvgIpc) is 3.43. The first-order valence-corrected chi connectivity index (χ1v) is 19.1. The lowest BCUT2D eigenvalue weighted by Gasteiger charge is -2.72. The molecule has 6 aliphatic rings. The van der Waals surface area contributed by atoms with E-state index in [4.69, 9.17) is 18.9 Å². The smallest absolute Gasteiger partial charge is 0.481 e. The van der Waals surface area contributed by atoms with Crippen LogP contribution in [0.15, 0.2) is 0 Å². The van der Waals surface area contributed by atoms with Gasteiger partial charge in [0.05, 0.1) is 25.2 Å². The molecule has 0 radical (unpaired) electrons. The van der Waals surface area contributed by atoms with Crippen LogP contribution in [-0.2, 0) is 28.5 Å². The Morgan fingerprint density at radius 2 is 1.58 bits per heavy atom. The predicted molar refractivity (Wildman–Crippen MR) is 181 cm³/mol. The predicted octanol–water partition coefficient (Wildman–Crippen LogP) is 7.21. The molecule has 0 amide bonds. The van der Waals surface area contributed by atoms with Gasteiger partial charge in [0.1, 0.15) is 12.7 Å². The highest BCUT2D eigenvalue weighted by Crippen LogP contribution is 2.77. The first-order valence-electron chi connectivity index (χ1n) is 19.1. The lowest BCUT2D eigenvalue weighted by molar-refractivity contribution is -0.251. The Hall–Kier alpha value is -1.87. The van der Waals surface area contributed by atoms with Gasteiger partial charge in [-0.15, -0.1) is 0 Å². The number of fused-ring (bicyclic) bond motifs is 7. The van der Waals surface area contributed by atoms with Gasteiger partial charge in [0.2, 0.25) is 0 Å². The second-order valence-electron chi connectivity index (χ2n) is 18.2. The van der Waals surface area contributed by atoms with E-state index in [2.05, 4.69) is 46.4 Å². The van der Waals surface area contributed by atoms with Crippen LogP contribution < -0.4 is 0 Å². The van der Waals surface area contributed by atoms with E-state index in [-0.39, 0.29) is 58.1 Å². The number of hydrogen-bond donors (Lipinski definition) is 1. The van der Waals surface area contributed by atoms with E-state index in [0.717, 1.165) is 70.9 Å². The van der Waals surface area contributed by atoms with Gasteiger partial charge < -0.3 is 24.1 Å². The summed E-state index contributed by atoms with van der Waals surface area (Å²) in [5.74, 6) is 0.870. The topological polar surface area (TPSA) is 112 Å². The minimum Gasteiger partial charge on any atom is -0.481 e. The maximum absolute atomic E-state index is 13.2. The molecule has 5 aliphatic carbocycles. The van der Waals surface area contributed by atoms with Gasteiger partial charge in [-0.05, 0) is 116 Å². The third-order valence-electron chi connectivity index (χ3n) is 16.1. The van der Waals surface area contributed by atoms with Crippen LogP contribution in [0.5, 0.6) is 0 Å². The van der Waals surface area contributed by atoms with E-state index in [0.29, 0.717) is 50.5 Å². The van der Waals surface area contributed by atoms with Gasteiger partial charge >= 0.3 is 18.1 Å². The van der Waals surface area contributed by atoms with Crippen molar-refractivity contribution in [2.24, 2.45) is 62.6 Å². The Kier molecular flexibility index (Phi) is 9.76. The third-order valence-corrected chi connectivity index (χ3v) is 16.1. The fourth-order valence-corrected chi connectivity index (χ4v) is 13.5. The third kappa shape index (κ3) is 5.69. The Balaban J connectivity index is 1.18. The number of nitrogens with zero attached hydrogens (tertiary/aromatic N) is 1. The Morgan fingerprint density at radius 3 is 2.27 bits per heavy atom. The molecular weight excluding hydrogens is 610 g/mol. The molecule has 5 saturated carbocycles. The van der Waals surface area contributed by atoms with Crippen LogP contribution in [-0.4, -0.2) is 80.3 Å². The van der Waals surface area contributed by atoms with Crippen LogP contribution in [0.2, 0.25) is 0 Å². The molecule has 48 heavy (non-hydrogen) atoms. The van der Waals surface area contributed by atoms with E-state index in [1.54, 1.807) is 0 Å². The fraction of sp³-hybridized carbons (Fsp3) is 0.923. The van der Waals surface area contributed by atoms with Crippen LogP contribution in [0.4, 0.5) is 4.79 Å². The minimum absolute atomic E-state index is 0.0337. The summed E-state index contributed by atoms with van der Waals surface area (Å²) in [6.45, 7) is 20.3. The highest BCUT2D eigenvalue weighted by Gasteiger charge is 2.72. The highest BCUT2D eigenvalue weighted by atomic mass is 16.7. The molecule has 0 aromatic heterocycles. The normalized spacial score (nSPS) is 44.2. The summed E-state index contributed by atoms with van der Waals surface area (Å²) in [6.07, 6.45) is 9.01. The van der Waals surface area contributed by atoms with E-state index in [1.165, 1.54) is 6.92 Å². The van der Waals surface area contributed by atoms with Crippen LogP contribution in [0.3, 0.4) is 0 Å². The van der Waals surface area contributed by atoms with Crippen molar-refractivity contribution < 1.29 is 38.4 Å². The second kappa shape index (κ2) is 13.0. The Labute approximate surface area is 288 Å². The molecule has 0 bridgehead atoms. The van der Waals surface area contributed by atoms with E-state index in [1.807, 2.05) is 0 Å². The molecule has 9 nitrogen and oxygen atoms in total. The maximum Gasteiger partial charge on any atom is 0.508 e. The summed E-state index contributed by atoms with van der Waals surface area (Å²) >= 11 is 0. The van der Waals surface area contributed by atoms with Crippen LogP contribution >= 0.6 is 0 Å². The summed E-state index contributed by atoms with van der Waals surface area (Å²) in [7, 11) is 0. The number of esters is 1. The number of ether oxygens (including phenoxy) is 4. The summed E-state index contributed by atoms with van der Waals surface area (Å²) in [6, 6.07) is 0. The van der Waals surface area contributed by atoms with E-state index in [9.17, 15) is 19.5 Å². The summed E-state index contributed by atoms with van der Waals surface area (Å²) in [4.78, 5) is 40.1. The first-order chi connectivity index (χ1) is 22.6. The lowest BCUT2D eigenvalue weighted by Crippen LogP contribution is -2.67. The molecule has 1 heterocycles. The van der Waals surface area contributed by atoms with Gasteiger partial charge in [-0.25, -0.2) is 4.79 Å². The Morgan fingerprint density at radius 1 is 0.854 bits per heavy atom. The molecule has 1 aliphatic heterocycles. The number of morpholine rings is 1. The standard InChI is InChI=1S/C39H63NO8/c1-25(24-47-34(44)46-23-20-40-18-21-45-22-19-40)27-10-15-39(33(42)43)17-16-37(6)28(32(27)39)8-9-30-36(5)13-12-31(48-26(2)41)35(3,4)29(36)11-14-38(30,37)7/h25,27-32H,8-24H2,1-7H3,(H,42,43)/t25?,27-,28?,29?,30?,31+,32?,36-,37+,38+,39-/m0/s1. The molecule has 0 aromatic rings. The zero-order valence-electron chi connectivity index (χ0n) is 30.8. The van der Waals surface area contributed by atoms with Gasteiger partial charge in [0.25, 0.3) is 0 Å². The number of carbonyl (C=O) groups excluding carboxylic acids is 2. The van der Waals surface area contributed by atoms with Crippen LogP contribution in [0, 0.1) is 62.6 Å². The number of aliphatic carboxylic acids is 1. The summed E-state index contributed by atoms with van der Waals surface area (Å²) in [5.41, 5.74) is -0.491. The zero-order valence-corrected chi connectivity index (χ0v) is 30.8. The number of carboxylic acids is 1. The van der Waals surface area contributed by atoms with Crippen molar-refractivity contribution in [1.82, 2.24) is 4.90 Å². The summed E-state index contributed by atoms with van der Waals surface area (Å²) < 4.78 is 22.4. The molecule has 272 valence electrons. The van der Waals surface area contributed by atoms with E-state index >= 15 is 0 Å². The monoisotopic (exact) mass is 673 g/mol. The largest absolute Gasteiger partial charge is 0.508 e. The average molecular weight is 674 g/mol. The van der Waals surface area contributed by atoms with Gasteiger partial charge in [0, 0.05) is 32.0 Å². The minimum atomic E-state index is -0.698. The van der Waals surface area contributed by atoms with Crippen LogP contribution in [0.25, 0.3) is 0 Å². The van der Waals surface area contributed by atoms with Crippen molar-refractivity contribution in [2.45, 2.75) is 119 Å². The second-order valence-corrected chi connectivity index (χ2v) is 18.2. The van der Waals surface area contributed by atoms with Crippen molar-refractivity contribution in [3.8, 4) is 0 Å². The number of carboxylic acid groups (broad SMARTS) is 1. The van der Waals surface area contributed by atoms with Gasteiger partial charge in [-0.2, -0.15) is 0 Å². The molecule has 6 rings (SSSR count). The van der Waals surface area contributed by atoms with Crippen molar-refractivity contribution in [2.75, 3.05) is 46.1 Å². The van der Waals surface area contributed by atoms with E-state index < -0.39 is 17.5 Å². The molecule has 6 fully saturated rings. The Bertz CT molecular complexity index is 1230. The molecule has 1 saturated heterocycles. The fourth-order valence-electron chi connectivity index (χ4n) is 13.5. The molecule has 5 unspecified atom stereocenters. The molecule has 1 N–H and O–H groups in total. The van der Waals surface area contributed by atoms with Gasteiger partial charge in [-0.1, -0.05) is 41.5 Å². The van der Waals surface area contributed by atoms with Crippen molar-refractivity contribution >= 4 is 18.1 Å². The summed E-state index contributed by atoms with van der Waals surface area (Å²) in [5, 5.41) is 10.9. The molecule has 0 spiro atoms. The van der Waals surface area contributed by atoms with Crippen molar-refractivity contribution in [3.63, 3.8) is 0 Å². The first kappa shape index (κ1) is 35.9. The van der Waals surface area contributed by atoms with Gasteiger partial charge in [0.15, 0.2) is 0 Å². The number of hydrogen-bond acceptors (Lipinski definition) is 8. The molecule has 9 heteroatoms. The highest BCUT2D eigenvalue weighted by molar-refractivity contribution is 5.76. The number of carbonyl (C=O) groups is 3. The molecule has 0 aromatic carbocycles. The van der Waals surface area contributed by atoms with Crippen molar-refractivity contribution in [3.05, 3.63) is 0 Å². The SMILES string of the molecule is CC(=O)O[C@@H]1CC[C@@]2(C)C(CC[C@]3(C)C2CCC2C4[C@H](C(C)COC(=O)OCCN5CCOCC5)CC[C@]4(C(=O)O)CC[C@]23C)C1(C)C. The quantitative estimate of drug-likeness (QED) is 0.267.